The van der Waals surface area contributed by atoms with Gasteiger partial charge in [-0.1, -0.05) is 35.5 Å². The van der Waals surface area contributed by atoms with Gasteiger partial charge in [0, 0.05) is 11.1 Å². The quantitative estimate of drug-likeness (QED) is 0.717. The molecule has 0 saturated carbocycles. The highest BCUT2D eigenvalue weighted by Gasteiger charge is 2.30. The molecule has 0 aliphatic carbocycles. The van der Waals surface area contributed by atoms with Gasteiger partial charge in [0.15, 0.2) is 11.5 Å². The summed E-state index contributed by atoms with van der Waals surface area (Å²) in [7, 11) is 0. The van der Waals surface area contributed by atoms with Crippen LogP contribution in [0.25, 0.3) is 11.3 Å². The van der Waals surface area contributed by atoms with Gasteiger partial charge < -0.3 is 23.8 Å². The van der Waals surface area contributed by atoms with Crippen molar-refractivity contribution in [2.45, 2.75) is 13.5 Å². The maximum Gasteiger partial charge on any atom is 0.260 e. The Kier molecular flexibility index (Phi) is 4.88. The number of nitrogens with zero attached hydrogens (tertiary/aromatic N) is 2. The number of carbonyl (C=O) groups excluding carboxylic acids is 1. The Hall–Kier alpha value is -3.32. The number of benzene rings is 2. The molecule has 1 N–H and O–H groups in total. The zero-order chi connectivity index (χ0) is 20.5. The summed E-state index contributed by atoms with van der Waals surface area (Å²) in [6.45, 7) is 6.19. The van der Waals surface area contributed by atoms with Crippen molar-refractivity contribution in [1.82, 2.24) is 10.1 Å². The van der Waals surface area contributed by atoms with Crippen LogP contribution in [0.5, 0.6) is 11.5 Å². The Morgan fingerprint density at radius 3 is 2.63 bits per heavy atom. The fourth-order valence-corrected chi connectivity index (χ4v) is 4.12. The fourth-order valence-electron chi connectivity index (χ4n) is 4.12. The van der Waals surface area contributed by atoms with Crippen molar-refractivity contribution in [3.8, 4) is 22.8 Å². The molecule has 30 heavy (non-hydrogen) atoms. The first kappa shape index (κ1) is 18.7. The summed E-state index contributed by atoms with van der Waals surface area (Å²) in [5, 5.41) is 4.15. The summed E-state index contributed by atoms with van der Waals surface area (Å²) in [6.07, 6.45) is 0. The van der Waals surface area contributed by atoms with E-state index in [1.165, 1.54) is 10.5 Å². The van der Waals surface area contributed by atoms with Crippen LogP contribution >= 0.6 is 0 Å². The summed E-state index contributed by atoms with van der Waals surface area (Å²) in [5.41, 5.74) is 3.30. The van der Waals surface area contributed by atoms with E-state index in [0.717, 1.165) is 36.7 Å². The third-order valence-electron chi connectivity index (χ3n) is 5.77. The molecule has 2 aliphatic heterocycles. The Balaban J connectivity index is 1.25. The first-order chi connectivity index (χ1) is 14.7. The Morgan fingerprint density at radius 1 is 1.07 bits per heavy atom. The number of quaternary nitrogens is 1. The van der Waals surface area contributed by atoms with Crippen molar-refractivity contribution in [3.05, 3.63) is 65.4 Å². The minimum Gasteiger partial charge on any atom is -0.454 e. The van der Waals surface area contributed by atoms with Crippen LogP contribution in [-0.4, -0.2) is 48.9 Å². The van der Waals surface area contributed by atoms with Crippen molar-refractivity contribution in [1.29, 1.82) is 0 Å². The first-order valence-electron chi connectivity index (χ1n) is 10.2. The number of aromatic nitrogens is 1. The maximum atomic E-state index is 13.3. The molecule has 0 radical (unpaired) electrons. The zero-order valence-electron chi connectivity index (χ0n) is 16.9. The molecule has 2 aromatic carbocycles. The second kappa shape index (κ2) is 7.84. The van der Waals surface area contributed by atoms with Gasteiger partial charge in [-0.3, -0.25) is 4.79 Å². The highest BCUT2D eigenvalue weighted by molar-refractivity contribution is 6.00. The molecular weight excluding hydrogens is 382 g/mol. The SMILES string of the molecule is Cc1onc(-c2ccccc2)c1C(=O)N1CC[NH+](Cc2ccc3c(c2)OCO3)CC1. The topological polar surface area (TPSA) is 69.2 Å². The highest BCUT2D eigenvalue weighted by Crippen LogP contribution is 2.32. The molecule has 1 fully saturated rings. The molecule has 7 heteroatoms. The number of piperazine rings is 1. The van der Waals surface area contributed by atoms with Gasteiger partial charge in [0.1, 0.15) is 23.6 Å². The molecule has 0 atom stereocenters. The van der Waals surface area contributed by atoms with Crippen LogP contribution in [0.3, 0.4) is 0 Å². The van der Waals surface area contributed by atoms with Crippen molar-refractivity contribution < 1.29 is 23.7 Å². The maximum absolute atomic E-state index is 13.3. The number of aryl methyl sites for hydroxylation is 1. The lowest BCUT2D eigenvalue weighted by Gasteiger charge is -2.32. The summed E-state index contributed by atoms with van der Waals surface area (Å²) >= 11 is 0. The second-order valence-corrected chi connectivity index (χ2v) is 7.73. The third kappa shape index (κ3) is 3.52. The second-order valence-electron chi connectivity index (χ2n) is 7.73. The van der Waals surface area contributed by atoms with Gasteiger partial charge >= 0.3 is 0 Å². The van der Waals surface area contributed by atoms with E-state index in [1.807, 2.05) is 41.3 Å². The van der Waals surface area contributed by atoms with E-state index in [4.69, 9.17) is 14.0 Å². The number of rotatable bonds is 4. The van der Waals surface area contributed by atoms with Gasteiger partial charge in [-0.05, 0) is 25.1 Å². The molecule has 154 valence electrons. The summed E-state index contributed by atoms with van der Waals surface area (Å²) in [6, 6.07) is 15.8. The zero-order valence-corrected chi connectivity index (χ0v) is 16.9. The minimum absolute atomic E-state index is 0.00488. The van der Waals surface area contributed by atoms with Crippen molar-refractivity contribution in [3.63, 3.8) is 0 Å². The van der Waals surface area contributed by atoms with Crippen LogP contribution in [0.4, 0.5) is 0 Å². The molecule has 3 heterocycles. The van der Waals surface area contributed by atoms with Crippen molar-refractivity contribution >= 4 is 5.91 Å². The van der Waals surface area contributed by atoms with E-state index in [0.29, 0.717) is 36.9 Å². The standard InChI is InChI=1S/C23H23N3O4/c1-16-21(22(24-30-16)18-5-3-2-4-6-18)23(27)26-11-9-25(10-12-26)14-17-7-8-19-20(13-17)29-15-28-19/h2-8,13H,9-12,14-15H2,1H3/p+1. The van der Waals surface area contributed by atoms with Crippen LogP contribution in [0, 0.1) is 6.92 Å². The number of fused-ring (bicyclic) bond motifs is 1. The molecule has 1 saturated heterocycles. The van der Waals surface area contributed by atoms with Crippen molar-refractivity contribution in [2.24, 2.45) is 0 Å². The molecule has 1 aromatic heterocycles. The number of ether oxygens (including phenoxy) is 2. The molecule has 0 unspecified atom stereocenters. The van der Waals surface area contributed by atoms with E-state index in [-0.39, 0.29) is 5.91 Å². The van der Waals surface area contributed by atoms with Crippen molar-refractivity contribution in [2.75, 3.05) is 33.0 Å². The average molecular weight is 406 g/mol. The lowest BCUT2D eigenvalue weighted by Crippen LogP contribution is -3.13. The summed E-state index contributed by atoms with van der Waals surface area (Å²) in [4.78, 5) is 16.6. The molecule has 0 spiro atoms. The van der Waals surface area contributed by atoms with Gasteiger partial charge in [0.25, 0.3) is 5.91 Å². The first-order valence-corrected chi connectivity index (χ1v) is 10.2. The van der Waals surface area contributed by atoms with Crippen LogP contribution in [0.2, 0.25) is 0 Å². The Labute approximate surface area is 174 Å². The van der Waals surface area contributed by atoms with E-state index in [1.54, 1.807) is 6.92 Å². The van der Waals surface area contributed by atoms with E-state index < -0.39 is 0 Å². The summed E-state index contributed by atoms with van der Waals surface area (Å²) < 4.78 is 16.2. The number of amides is 1. The normalized spacial score (nSPS) is 16.1. The van der Waals surface area contributed by atoms with E-state index in [9.17, 15) is 4.79 Å². The van der Waals surface area contributed by atoms with Gasteiger partial charge in [-0.15, -0.1) is 0 Å². The molecular formula is C23H24N3O4+. The lowest BCUT2D eigenvalue weighted by molar-refractivity contribution is -0.917. The molecule has 3 aromatic rings. The van der Waals surface area contributed by atoms with Gasteiger partial charge in [-0.25, -0.2) is 0 Å². The monoisotopic (exact) mass is 406 g/mol. The van der Waals surface area contributed by atoms with E-state index in [2.05, 4.69) is 17.3 Å². The smallest absolute Gasteiger partial charge is 0.260 e. The predicted octanol–water partition coefficient (Wildman–Crippen LogP) is 1.92. The largest absolute Gasteiger partial charge is 0.454 e. The van der Waals surface area contributed by atoms with Gasteiger partial charge in [0.2, 0.25) is 6.79 Å². The number of carbonyl (C=O) groups is 1. The molecule has 7 nitrogen and oxygen atoms in total. The predicted molar refractivity (Wildman–Crippen MR) is 110 cm³/mol. The molecule has 0 bridgehead atoms. The van der Waals surface area contributed by atoms with Crippen LogP contribution < -0.4 is 14.4 Å². The lowest BCUT2D eigenvalue weighted by atomic mass is 10.0. The van der Waals surface area contributed by atoms with Crippen LogP contribution in [0.1, 0.15) is 21.7 Å². The summed E-state index contributed by atoms with van der Waals surface area (Å²) in [5.74, 6) is 2.18. The fraction of sp³-hybridized carbons (Fsp3) is 0.304. The molecule has 2 aliphatic rings. The van der Waals surface area contributed by atoms with Crippen LogP contribution in [0.15, 0.2) is 53.1 Å². The van der Waals surface area contributed by atoms with Gasteiger partial charge in [-0.2, -0.15) is 0 Å². The molecule has 1 amide bonds. The number of hydrogen-bond donors (Lipinski definition) is 1. The van der Waals surface area contributed by atoms with E-state index >= 15 is 0 Å². The Morgan fingerprint density at radius 2 is 1.83 bits per heavy atom. The van der Waals surface area contributed by atoms with Gasteiger partial charge in [0.05, 0.1) is 26.2 Å². The Bertz CT molecular complexity index is 1060. The average Bonchev–Trinajstić information content (AvgIpc) is 3.40. The molecule has 5 rings (SSSR count). The number of hydrogen-bond acceptors (Lipinski definition) is 5. The minimum atomic E-state index is -0.00488. The third-order valence-corrected chi connectivity index (χ3v) is 5.77. The number of nitrogens with one attached hydrogen (secondary N) is 1. The highest BCUT2D eigenvalue weighted by atomic mass is 16.7. The van der Waals surface area contributed by atoms with Crippen LogP contribution in [-0.2, 0) is 6.54 Å².